The summed E-state index contributed by atoms with van der Waals surface area (Å²) in [5, 5.41) is 0. The molecule has 5 heteroatoms. The maximum Gasteiger partial charge on any atom is 0.245 e. The van der Waals surface area contributed by atoms with Crippen LogP contribution in [-0.4, -0.2) is 25.3 Å². The molecule has 140 valence electrons. The quantitative estimate of drug-likeness (QED) is 0.455. The molecule has 1 atom stereocenters. The fourth-order valence-corrected chi connectivity index (χ4v) is 4.43. The van der Waals surface area contributed by atoms with Crippen molar-refractivity contribution < 1.29 is 9.53 Å². The molecule has 0 aromatic heterocycles. The second-order valence-electron chi connectivity index (χ2n) is 7.10. The van der Waals surface area contributed by atoms with Crippen LogP contribution in [-0.2, 0) is 10.2 Å². The van der Waals surface area contributed by atoms with E-state index < -0.39 is 5.41 Å². The molecule has 2 aromatic rings. The molecule has 4 nitrogen and oxygen atoms in total. The number of benzene rings is 2. The average Bonchev–Trinajstić information content (AvgIpc) is 3.15. The first-order valence-electron chi connectivity index (χ1n) is 9.54. The molecule has 2 aromatic carbocycles. The SMILES string of the molecule is CC=Nc1cc2c(cc1S)C1(CO2)C(=O)N(CCCCC)c2ccccc21. The first-order chi connectivity index (χ1) is 13.1. The van der Waals surface area contributed by atoms with E-state index in [0.29, 0.717) is 6.61 Å². The van der Waals surface area contributed by atoms with Gasteiger partial charge in [-0.05, 0) is 31.0 Å². The van der Waals surface area contributed by atoms with Crippen LogP contribution in [0.3, 0.4) is 0 Å². The third-order valence-electron chi connectivity index (χ3n) is 5.50. The second kappa shape index (κ2) is 7.04. The molecule has 1 amide bonds. The van der Waals surface area contributed by atoms with Gasteiger partial charge < -0.3 is 9.64 Å². The summed E-state index contributed by atoms with van der Waals surface area (Å²) in [6, 6.07) is 11.9. The van der Waals surface area contributed by atoms with Crippen molar-refractivity contribution in [3.63, 3.8) is 0 Å². The Hall–Kier alpha value is -2.27. The lowest BCUT2D eigenvalue weighted by Gasteiger charge is -2.23. The summed E-state index contributed by atoms with van der Waals surface area (Å²) in [5.41, 5.74) is 2.92. The normalized spacial score (nSPS) is 20.4. The lowest BCUT2D eigenvalue weighted by molar-refractivity contribution is -0.122. The molecule has 0 N–H and O–H groups in total. The van der Waals surface area contributed by atoms with Crippen LogP contribution in [0.1, 0.15) is 44.2 Å². The van der Waals surface area contributed by atoms with Crippen LogP contribution in [0.25, 0.3) is 0 Å². The fraction of sp³-hybridized carbons (Fsp3) is 0.364. The van der Waals surface area contributed by atoms with Crippen LogP contribution < -0.4 is 9.64 Å². The number of para-hydroxylation sites is 1. The smallest absolute Gasteiger partial charge is 0.245 e. The van der Waals surface area contributed by atoms with Gasteiger partial charge in [-0.2, -0.15) is 0 Å². The number of anilines is 1. The Morgan fingerprint density at radius 3 is 2.85 bits per heavy atom. The number of unbranched alkanes of at least 4 members (excludes halogenated alkanes) is 2. The van der Waals surface area contributed by atoms with Crippen molar-refractivity contribution in [2.45, 2.75) is 43.4 Å². The van der Waals surface area contributed by atoms with E-state index in [-0.39, 0.29) is 5.91 Å². The van der Waals surface area contributed by atoms with Crippen LogP contribution in [0, 0.1) is 0 Å². The first-order valence-corrected chi connectivity index (χ1v) is 9.98. The van der Waals surface area contributed by atoms with E-state index in [9.17, 15) is 4.79 Å². The zero-order valence-corrected chi connectivity index (χ0v) is 16.6. The molecule has 4 rings (SSSR count). The molecule has 27 heavy (non-hydrogen) atoms. The first kappa shape index (κ1) is 18.1. The van der Waals surface area contributed by atoms with E-state index in [0.717, 1.165) is 59.0 Å². The van der Waals surface area contributed by atoms with Gasteiger partial charge in [0.25, 0.3) is 0 Å². The molecule has 0 radical (unpaired) electrons. The summed E-state index contributed by atoms with van der Waals surface area (Å²) in [6.07, 6.45) is 4.98. The van der Waals surface area contributed by atoms with Gasteiger partial charge in [-0.15, -0.1) is 12.6 Å². The molecular weight excluding hydrogens is 356 g/mol. The van der Waals surface area contributed by atoms with Gasteiger partial charge in [0.15, 0.2) is 0 Å². The largest absolute Gasteiger partial charge is 0.491 e. The van der Waals surface area contributed by atoms with Crippen LogP contribution in [0.4, 0.5) is 11.4 Å². The lowest BCUT2D eigenvalue weighted by Crippen LogP contribution is -2.42. The summed E-state index contributed by atoms with van der Waals surface area (Å²) >= 11 is 4.60. The molecular formula is C22H24N2O2S. The number of nitrogens with zero attached hydrogens (tertiary/aromatic N) is 2. The molecule has 2 heterocycles. The number of amides is 1. The van der Waals surface area contributed by atoms with E-state index in [1.54, 1.807) is 6.21 Å². The third kappa shape index (κ3) is 2.67. The highest BCUT2D eigenvalue weighted by Gasteiger charge is 2.56. The molecule has 0 fully saturated rings. The maximum atomic E-state index is 13.7. The standard InChI is InChI=1S/C22H24N2O2S/c1-3-5-8-11-24-18-10-7-6-9-15(18)22(21(24)25)14-26-19-13-17(23-4-2)20(27)12-16(19)22/h4,6-7,9-10,12-13,27H,3,5,8,11,14H2,1-2H3. The van der Waals surface area contributed by atoms with Crippen LogP contribution in [0.2, 0.25) is 0 Å². The van der Waals surface area contributed by atoms with Crippen molar-refractivity contribution in [1.29, 1.82) is 0 Å². The highest BCUT2D eigenvalue weighted by Crippen LogP contribution is 2.53. The van der Waals surface area contributed by atoms with Gasteiger partial charge in [-0.25, -0.2) is 0 Å². The topological polar surface area (TPSA) is 41.9 Å². The summed E-state index contributed by atoms with van der Waals surface area (Å²) < 4.78 is 6.02. The molecule has 1 unspecified atom stereocenters. The van der Waals surface area contributed by atoms with Crippen molar-refractivity contribution in [2.75, 3.05) is 18.1 Å². The van der Waals surface area contributed by atoms with Gasteiger partial charge >= 0.3 is 0 Å². The van der Waals surface area contributed by atoms with Gasteiger partial charge in [0.05, 0.1) is 5.69 Å². The van der Waals surface area contributed by atoms with Crippen LogP contribution in [0.15, 0.2) is 46.3 Å². The third-order valence-corrected chi connectivity index (χ3v) is 5.86. The molecule has 0 bridgehead atoms. The number of ether oxygens (including phenoxy) is 1. The van der Waals surface area contributed by atoms with Crippen LogP contribution in [0.5, 0.6) is 5.75 Å². The Morgan fingerprint density at radius 2 is 2.07 bits per heavy atom. The van der Waals surface area contributed by atoms with Crippen molar-refractivity contribution in [3.8, 4) is 5.75 Å². The Balaban J connectivity index is 1.83. The number of hydrogen-bond donors (Lipinski definition) is 1. The van der Waals surface area contributed by atoms with E-state index in [1.807, 2.05) is 42.2 Å². The number of thiol groups is 1. The molecule has 0 saturated carbocycles. The minimum Gasteiger partial charge on any atom is -0.491 e. The predicted molar refractivity (Wildman–Crippen MR) is 112 cm³/mol. The second-order valence-corrected chi connectivity index (χ2v) is 7.58. The summed E-state index contributed by atoms with van der Waals surface area (Å²) in [5.74, 6) is 0.838. The van der Waals surface area contributed by atoms with Gasteiger partial charge in [-0.3, -0.25) is 9.79 Å². The Morgan fingerprint density at radius 1 is 1.26 bits per heavy atom. The number of hydrogen-bond acceptors (Lipinski definition) is 4. The van der Waals surface area contributed by atoms with Gasteiger partial charge in [0.2, 0.25) is 5.91 Å². The predicted octanol–water partition coefficient (Wildman–Crippen LogP) is 4.91. The Kier molecular flexibility index (Phi) is 4.72. The highest BCUT2D eigenvalue weighted by molar-refractivity contribution is 7.80. The molecule has 0 aliphatic carbocycles. The lowest BCUT2D eigenvalue weighted by atomic mass is 9.77. The van der Waals surface area contributed by atoms with Gasteiger partial charge in [-0.1, -0.05) is 38.0 Å². The molecule has 0 saturated heterocycles. The number of fused-ring (bicyclic) bond motifs is 4. The number of carbonyl (C=O) groups excluding carboxylic acids is 1. The van der Waals surface area contributed by atoms with Crippen molar-refractivity contribution in [1.82, 2.24) is 0 Å². The Labute approximate surface area is 165 Å². The number of carbonyl (C=O) groups is 1. The Bertz CT molecular complexity index is 925. The van der Waals surface area contributed by atoms with E-state index >= 15 is 0 Å². The zero-order chi connectivity index (χ0) is 19.0. The maximum absolute atomic E-state index is 13.7. The monoisotopic (exact) mass is 380 g/mol. The number of aliphatic imine (C=N–C) groups is 1. The van der Waals surface area contributed by atoms with Crippen molar-refractivity contribution >= 4 is 36.1 Å². The minimum absolute atomic E-state index is 0.109. The highest BCUT2D eigenvalue weighted by atomic mass is 32.1. The summed E-state index contributed by atoms with van der Waals surface area (Å²) in [4.78, 5) is 20.7. The van der Waals surface area contributed by atoms with Gasteiger partial charge in [0.1, 0.15) is 17.8 Å². The molecule has 2 aliphatic rings. The van der Waals surface area contributed by atoms with E-state index in [2.05, 4.69) is 30.6 Å². The molecule has 2 aliphatic heterocycles. The number of rotatable bonds is 5. The van der Waals surface area contributed by atoms with E-state index in [1.165, 1.54) is 0 Å². The fourth-order valence-electron chi connectivity index (χ4n) is 4.18. The van der Waals surface area contributed by atoms with Gasteiger partial charge in [0, 0.05) is 35.0 Å². The summed E-state index contributed by atoms with van der Waals surface area (Å²) in [7, 11) is 0. The van der Waals surface area contributed by atoms with Crippen LogP contribution >= 0.6 is 12.6 Å². The molecule has 1 spiro atoms. The van der Waals surface area contributed by atoms with Crippen molar-refractivity contribution in [2.24, 2.45) is 4.99 Å². The zero-order valence-electron chi connectivity index (χ0n) is 15.7. The minimum atomic E-state index is -0.774. The average molecular weight is 381 g/mol. The summed E-state index contributed by atoms with van der Waals surface area (Å²) in [6.45, 7) is 5.11. The van der Waals surface area contributed by atoms with E-state index in [4.69, 9.17) is 4.74 Å². The van der Waals surface area contributed by atoms with Crippen molar-refractivity contribution in [3.05, 3.63) is 47.5 Å².